The van der Waals surface area contributed by atoms with Gasteiger partial charge in [-0.15, -0.1) is 0 Å². The molecule has 0 N–H and O–H groups in total. The van der Waals surface area contributed by atoms with E-state index in [0.29, 0.717) is 4.39 Å². The molecule has 0 fully saturated rings. The lowest BCUT2D eigenvalue weighted by atomic mass is 9.78. The SMILES string of the molecule is CO[B-]12Oc3ccccc3C[N+]1(Cc1ccccc1)Cc1ccccc1O2. The van der Waals surface area contributed by atoms with E-state index < -0.39 is 6.89 Å². The van der Waals surface area contributed by atoms with Gasteiger partial charge in [-0.1, -0.05) is 54.6 Å². The minimum Gasteiger partial charge on any atom is -0.603 e. The lowest BCUT2D eigenvalue weighted by Crippen LogP contribution is -2.78. The second kappa shape index (κ2) is 6.15. The Morgan fingerprint density at radius 2 is 1.30 bits per heavy atom. The smallest absolute Gasteiger partial charge is 0.603 e. The largest absolute Gasteiger partial charge is 0.741 e. The third-order valence-electron chi connectivity index (χ3n) is 5.78. The first kappa shape index (κ1) is 16.4. The molecule has 0 saturated carbocycles. The Hall–Kier alpha value is -2.76. The molecule has 27 heavy (non-hydrogen) atoms. The molecule has 2 aliphatic rings. The van der Waals surface area contributed by atoms with E-state index in [1.54, 1.807) is 7.11 Å². The zero-order valence-corrected chi connectivity index (χ0v) is 15.4. The van der Waals surface area contributed by atoms with Gasteiger partial charge in [0.2, 0.25) is 0 Å². The molecule has 0 unspecified atom stereocenters. The van der Waals surface area contributed by atoms with Crippen LogP contribution in [0.4, 0.5) is 0 Å². The Morgan fingerprint density at radius 3 is 1.85 bits per heavy atom. The minimum absolute atomic E-state index is 0.564. The first-order valence-electron chi connectivity index (χ1n) is 9.36. The van der Waals surface area contributed by atoms with Crippen molar-refractivity contribution in [1.29, 1.82) is 0 Å². The highest BCUT2D eigenvalue weighted by molar-refractivity contribution is 6.55. The molecule has 0 aromatic heterocycles. The lowest BCUT2D eigenvalue weighted by Gasteiger charge is -2.60. The van der Waals surface area contributed by atoms with Crippen LogP contribution in [0.5, 0.6) is 11.5 Å². The normalized spacial score (nSPS) is 25.4. The van der Waals surface area contributed by atoms with Gasteiger partial charge in [0.1, 0.15) is 0 Å². The summed E-state index contributed by atoms with van der Waals surface area (Å²) < 4.78 is 19.6. The second-order valence-corrected chi connectivity index (χ2v) is 7.47. The van der Waals surface area contributed by atoms with Gasteiger partial charge in [-0.2, -0.15) is 0 Å². The summed E-state index contributed by atoms with van der Waals surface area (Å²) in [7, 11) is 1.69. The zero-order valence-electron chi connectivity index (χ0n) is 15.4. The van der Waals surface area contributed by atoms with E-state index in [4.69, 9.17) is 14.0 Å². The average molecular weight is 359 g/mol. The molecular formula is C22H22BNO3. The van der Waals surface area contributed by atoms with Gasteiger partial charge in [-0.3, -0.25) is 0 Å². The number of para-hydroxylation sites is 2. The van der Waals surface area contributed by atoms with E-state index in [-0.39, 0.29) is 0 Å². The maximum absolute atomic E-state index is 6.50. The van der Waals surface area contributed by atoms with Crippen molar-refractivity contribution in [3.63, 3.8) is 0 Å². The van der Waals surface area contributed by atoms with Crippen molar-refractivity contribution in [2.75, 3.05) is 7.11 Å². The fraction of sp³-hybridized carbons (Fsp3) is 0.182. The number of quaternary nitrogens is 1. The summed E-state index contributed by atoms with van der Waals surface area (Å²) in [5.41, 5.74) is 3.61. The predicted octanol–water partition coefficient (Wildman–Crippen LogP) is 4.27. The summed E-state index contributed by atoms with van der Waals surface area (Å²) in [5, 5.41) is 0. The van der Waals surface area contributed by atoms with Crippen molar-refractivity contribution in [3.05, 3.63) is 95.6 Å². The van der Waals surface area contributed by atoms with Crippen LogP contribution in [0.3, 0.4) is 0 Å². The van der Waals surface area contributed by atoms with Crippen LogP contribution in [0, 0.1) is 0 Å². The van der Waals surface area contributed by atoms with Crippen molar-refractivity contribution in [2.24, 2.45) is 0 Å². The van der Waals surface area contributed by atoms with E-state index >= 15 is 0 Å². The minimum atomic E-state index is -2.05. The quantitative estimate of drug-likeness (QED) is 0.654. The van der Waals surface area contributed by atoms with Gasteiger partial charge in [-0.25, -0.2) is 0 Å². The summed E-state index contributed by atoms with van der Waals surface area (Å²) in [5.74, 6) is 1.70. The Balaban J connectivity index is 1.68. The van der Waals surface area contributed by atoms with Crippen LogP contribution in [-0.2, 0) is 24.3 Å². The van der Waals surface area contributed by atoms with Crippen molar-refractivity contribution in [2.45, 2.75) is 19.6 Å². The average Bonchev–Trinajstić information content (AvgIpc) is 2.71. The van der Waals surface area contributed by atoms with Crippen molar-refractivity contribution in [3.8, 4) is 11.5 Å². The second-order valence-electron chi connectivity index (χ2n) is 7.47. The predicted molar refractivity (Wildman–Crippen MR) is 105 cm³/mol. The molecule has 0 bridgehead atoms. The number of benzene rings is 3. The van der Waals surface area contributed by atoms with Crippen LogP contribution < -0.4 is 9.31 Å². The summed E-state index contributed by atoms with van der Waals surface area (Å²) in [4.78, 5) is 0. The van der Waals surface area contributed by atoms with E-state index in [9.17, 15) is 0 Å². The van der Waals surface area contributed by atoms with Gasteiger partial charge >= 0.3 is 6.89 Å². The zero-order chi connectivity index (χ0) is 18.3. The van der Waals surface area contributed by atoms with E-state index in [2.05, 4.69) is 48.5 Å². The Bertz CT molecular complexity index is 925. The van der Waals surface area contributed by atoms with Crippen molar-refractivity contribution >= 4 is 6.89 Å². The first-order chi connectivity index (χ1) is 13.2. The molecule has 5 rings (SSSR count). The van der Waals surface area contributed by atoms with Gasteiger partial charge < -0.3 is 18.4 Å². The van der Waals surface area contributed by atoms with E-state index in [0.717, 1.165) is 31.1 Å². The van der Waals surface area contributed by atoms with Crippen LogP contribution in [-0.4, -0.2) is 18.4 Å². The number of nitrogens with zero attached hydrogens (tertiary/aromatic N) is 1. The van der Waals surface area contributed by atoms with Crippen molar-refractivity contribution < 1.29 is 18.4 Å². The van der Waals surface area contributed by atoms with Crippen LogP contribution in [0.25, 0.3) is 0 Å². The fourth-order valence-corrected chi connectivity index (χ4v) is 4.52. The Labute approximate surface area is 159 Å². The van der Waals surface area contributed by atoms with Crippen LogP contribution >= 0.6 is 0 Å². The van der Waals surface area contributed by atoms with Gasteiger partial charge in [0.05, 0.1) is 31.1 Å². The summed E-state index contributed by atoms with van der Waals surface area (Å²) in [6.45, 7) is 0.325. The molecule has 0 aliphatic carbocycles. The molecule has 136 valence electrons. The van der Waals surface area contributed by atoms with Crippen LogP contribution in [0.2, 0.25) is 0 Å². The molecule has 2 heterocycles. The van der Waals surface area contributed by atoms with Gasteiger partial charge in [-0.05, 0) is 31.4 Å². The van der Waals surface area contributed by atoms with Crippen molar-refractivity contribution in [1.82, 2.24) is 0 Å². The summed E-state index contributed by atoms with van der Waals surface area (Å²) in [6, 6.07) is 26.9. The molecule has 5 heteroatoms. The number of fused-ring (bicyclic) bond motifs is 3. The molecule has 0 spiro atoms. The monoisotopic (exact) mass is 359 g/mol. The summed E-state index contributed by atoms with van der Waals surface area (Å²) in [6.07, 6.45) is 0. The molecule has 4 nitrogen and oxygen atoms in total. The Kier molecular flexibility index (Phi) is 3.74. The van der Waals surface area contributed by atoms with E-state index in [1.165, 1.54) is 16.7 Å². The van der Waals surface area contributed by atoms with Gasteiger partial charge in [0, 0.05) is 16.7 Å². The highest BCUT2D eigenvalue weighted by Gasteiger charge is 2.62. The number of hydrogen-bond donors (Lipinski definition) is 0. The molecular weight excluding hydrogens is 337 g/mol. The highest BCUT2D eigenvalue weighted by atomic mass is 16.8. The Morgan fingerprint density at radius 1 is 0.778 bits per heavy atom. The standard InChI is InChI=1S/C22H22BNO3/c1-25-23-24(15-18-9-3-2-4-10-18,16-19-11-5-7-13-21(19)26-23)17-20-12-6-8-14-22(20)27-23/h2-14H,15-17H2,1H3. The maximum atomic E-state index is 6.50. The molecule has 0 amide bonds. The van der Waals surface area contributed by atoms with E-state index in [1.807, 2.05) is 30.3 Å². The lowest BCUT2D eigenvalue weighted by molar-refractivity contribution is -0.899. The first-order valence-corrected chi connectivity index (χ1v) is 9.36. The molecule has 3 aromatic rings. The van der Waals surface area contributed by atoms with Gasteiger partial charge in [0.15, 0.2) is 0 Å². The molecule has 0 radical (unpaired) electrons. The molecule has 2 aliphatic heterocycles. The van der Waals surface area contributed by atoms with Crippen LogP contribution in [0.1, 0.15) is 16.7 Å². The fourth-order valence-electron chi connectivity index (χ4n) is 4.52. The number of rotatable bonds is 3. The van der Waals surface area contributed by atoms with Crippen LogP contribution in [0.15, 0.2) is 78.9 Å². The molecule has 0 saturated heterocycles. The number of hydrogen-bond acceptors (Lipinski definition) is 3. The molecule has 0 atom stereocenters. The topological polar surface area (TPSA) is 27.7 Å². The maximum Gasteiger partial charge on any atom is 0.741 e. The molecule has 3 aromatic carbocycles. The third-order valence-corrected chi connectivity index (χ3v) is 5.78. The highest BCUT2D eigenvalue weighted by Crippen LogP contribution is 2.45. The third kappa shape index (κ3) is 2.54. The van der Waals surface area contributed by atoms with Gasteiger partial charge in [0.25, 0.3) is 0 Å². The summed E-state index contributed by atoms with van der Waals surface area (Å²) >= 11 is 0.